The van der Waals surface area contributed by atoms with Crippen LogP contribution in [0.4, 0.5) is 0 Å². The summed E-state index contributed by atoms with van der Waals surface area (Å²) < 4.78 is 6.30. The van der Waals surface area contributed by atoms with Gasteiger partial charge < -0.3 is 14.5 Å². The standard InChI is InChI=1S/C22H33ClN2O2/c1-22(2,3)16-24-13-9-18(10-14-24)27-20-15-17(23)7-8-19(20)21(26)25-11-5-4-6-12-25/h7-8,15,18H,4-6,9-14,16H2,1-3H3. The Morgan fingerprint density at radius 3 is 2.41 bits per heavy atom. The Balaban J connectivity index is 1.65. The third-order valence-corrected chi connectivity index (χ3v) is 5.58. The first-order chi connectivity index (χ1) is 12.8. The summed E-state index contributed by atoms with van der Waals surface area (Å²) in [5, 5.41) is 0.616. The van der Waals surface area contributed by atoms with Crippen molar-refractivity contribution < 1.29 is 9.53 Å². The summed E-state index contributed by atoms with van der Waals surface area (Å²) in [5.74, 6) is 0.721. The highest BCUT2D eigenvalue weighted by Crippen LogP contribution is 2.29. The summed E-state index contributed by atoms with van der Waals surface area (Å²) in [6.07, 6.45) is 5.50. The number of carbonyl (C=O) groups is 1. The van der Waals surface area contributed by atoms with Gasteiger partial charge in [0.15, 0.2) is 0 Å². The van der Waals surface area contributed by atoms with Crippen LogP contribution < -0.4 is 4.74 Å². The van der Waals surface area contributed by atoms with Gasteiger partial charge in [-0.15, -0.1) is 0 Å². The van der Waals surface area contributed by atoms with E-state index in [0.29, 0.717) is 21.8 Å². The number of piperidine rings is 2. The van der Waals surface area contributed by atoms with Gasteiger partial charge in [0.05, 0.1) is 5.56 Å². The van der Waals surface area contributed by atoms with Crippen molar-refractivity contribution >= 4 is 17.5 Å². The lowest BCUT2D eigenvalue weighted by Crippen LogP contribution is -2.42. The molecule has 1 amide bonds. The molecule has 2 aliphatic heterocycles. The molecular weight excluding hydrogens is 360 g/mol. The number of nitrogens with zero attached hydrogens (tertiary/aromatic N) is 2. The number of carbonyl (C=O) groups excluding carboxylic acids is 1. The molecule has 0 aliphatic carbocycles. The highest BCUT2D eigenvalue weighted by Gasteiger charge is 2.26. The van der Waals surface area contributed by atoms with E-state index in [9.17, 15) is 4.79 Å². The molecule has 1 aromatic rings. The van der Waals surface area contributed by atoms with Crippen LogP contribution >= 0.6 is 11.6 Å². The smallest absolute Gasteiger partial charge is 0.257 e. The minimum atomic E-state index is 0.0755. The van der Waals surface area contributed by atoms with Crippen molar-refractivity contribution in [1.29, 1.82) is 0 Å². The van der Waals surface area contributed by atoms with Crippen LogP contribution in [-0.2, 0) is 0 Å². The van der Waals surface area contributed by atoms with Gasteiger partial charge in [-0.2, -0.15) is 0 Å². The zero-order chi connectivity index (χ0) is 19.4. The van der Waals surface area contributed by atoms with Gasteiger partial charge in [-0.3, -0.25) is 4.79 Å². The van der Waals surface area contributed by atoms with E-state index in [1.807, 2.05) is 11.0 Å². The zero-order valence-corrected chi connectivity index (χ0v) is 17.7. The van der Waals surface area contributed by atoms with Crippen molar-refractivity contribution in [3.8, 4) is 5.75 Å². The summed E-state index contributed by atoms with van der Waals surface area (Å²) in [6.45, 7) is 11.7. The molecule has 0 N–H and O–H groups in total. The summed E-state index contributed by atoms with van der Waals surface area (Å²) in [6, 6.07) is 5.42. The molecule has 0 bridgehead atoms. The molecule has 2 aliphatic rings. The summed E-state index contributed by atoms with van der Waals surface area (Å²) in [4.78, 5) is 17.4. The van der Waals surface area contributed by atoms with Gasteiger partial charge in [0.25, 0.3) is 5.91 Å². The molecule has 0 unspecified atom stereocenters. The predicted octanol–water partition coefficient (Wildman–Crippen LogP) is 4.86. The lowest BCUT2D eigenvalue weighted by molar-refractivity contribution is 0.0685. The minimum Gasteiger partial charge on any atom is -0.489 e. The second kappa shape index (κ2) is 8.83. The Morgan fingerprint density at radius 2 is 1.78 bits per heavy atom. The minimum absolute atomic E-state index is 0.0755. The summed E-state index contributed by atoms with van der Waals surface area (Å²) >= 11 is 6.21. The van der Waals surface area contributed by atoms with Gasteiger partial charge in [-0.25, -0.2) is 0 Å². The number of likely N-dealkylation sites (tertiary alicyclic amines) is 2. The van der Waals surface area contributed by atoms with E-state index in [0.717, 1.165) is 58.4 Å². The SMILES string of the molecule is CC(C)(C)CN1CCC(Oc2cc(Cl)ccc2C(=O)N2CCCCC2)CC1. The Kier molecular flexibility index (Phi) is 6.69. The average Bonchev–Trinajstić information content (AvgIpc) is 2.62. The summed E-state index contributed by atoms with van der Waals surface area (Å²) in [7, 11) is 0. The van der Waals surface area contributed by atoms with Gasteiger partial charge in [0.2, 0.25) is 0 Å². The molecule has 0 aromatic heterocycles. The van der Waals surface area contributed by atoms with Gasteiger partial charge in [-0.1, -0.05) is 32.4 Å². The van der Waals surface area contributed by atoms with Crippen LogP contribution in [0.25, 0.3) is 0 Å². The number of rotatable bonds is 4. The van der Waals surface area contributed by atoms with Crippen molar-refractivity contribution in [2.24, 2.45) is 5.41 Å². The summed E-state index contributed by atoms with van der Waals surface area (Å²) in [5.41, 5.74) is 0.965. The van der Waals surface area contributed by atoms with Crippen LogP contribution in [0, 0.1) is 5.41 Å². The number of hydrogen-bond donors (Lipinski definition) is 0. The lowest BCUT2D eigenvalue weighted by atomic mass is 9.94. The third-order valence-electron chi connectivity index (χ3n) is 5.34. The van der Waals surface area contributed by atoms with Crippen molar-refractivity contribution in [2.45, 2.75) is 59.0 Å². The first kappa shape index (κ1) is 20.5. The van der Waals surface area contributed by atoms with Gasteiger partial charge >= 0.3 is 0 Å². The van der Waals surface area contributed by atoms with E-state index in [1.54, 1.807) is 12.1 Å². The fourth-order valence-corrected chi connectivity index (χ4v) is 4.24. The molecule has 0 spiro atoms. The van der Waals surface area contributed by atoms with Gasteiger partial charge in [0.1, 0.15) is 11.9 Å². The normalized spacial score (nSPS) is 19.9. The Hall–Kier alpha value is -1.26. The van der Waals surface area contributed by atoms with Crippen molar-refractivity contribution in [2.75, 3.05) is 32.7 Å². The molecule has 3 rings (SSSR count). The largest absolute Gasteiger partial charge is 0.489 e. The second-order valence-electron chi connectivity index (χ2n) is 9.15. The van der Waals surface area contributed by atoms with Gasteiger partial charge in [0, 0.05) is 37.7 Å². The molecule has 0 radical (unpaired) electrons. The molecule has 5 heteroatoms. The predicted molar refractivity (Wildman–Crippen MR) is 111 cm³/mol. The van der Waals surface area contributed by atoms with E-state index in [4.69, 9.17) is 16.3 Å². The Morgan fingerprint density at radius 1 is 1.11 bits per heavy atom. The van der Waals surface area contributed by atoms with Crippen molar-refractivity contribution in [3.63, 3.8) is 0 Å². The van der Waals surface area contributed by atoms with Gasteiger partial charge in [-0.05, 0) is 55.7 Å². The first-order valence-corrected chi connectivity index (χ1v) is 10.7. The Bertz CT molecular complexity index is 642. The third kappa shape index (κ3) is 5.86. The number of hydrogen-bond acceptors (Lipinski definition) is 3. The van der Waals surface area contributed by atoms with Crippen LogP contribution in [0.3, 0.4) is 0 Å². The maximum absolute atomic E-state index is 13.0. The molecular formula is C22H33ClN2O2. The van der Waals surface area contributed by atoms with Crippen LogP contribution in [0.5, 0.6) is 5.75 Å². The lowest BCUT2D eigenvalue weighted by Gasteiger charge is -2.36. The molecule has 27 heavy (non-hydrogen) atoms. The van der Waals surface area contributed by atoms with E-state index in [-0.39, 0.29) is 12.0 Å². The first-order valence-electron chi connectivity index (χ1n) is 10.3. The average molecular weight is 393 g/mol. The van der Waals surface area contributed by atoms with Crippen LogP contribution in [-0.4, -0.2) is 54.5 Å². The molecule has 4 nitrogen and oxygen atoms in total. The maximum Gasteiger partial charge on any atom is 0.257 e. The van der Waals surface area contributed by atoms with Crippen LogP contribution in [0.1, 0.15) is 63.2 Å². The fourth-order valence-electron chi connectivity index (χ4n) is 4.07. The van der Waals surface area contributed by atoms with E-state index < -0.39 is 0 Å². The highest BCUT2D eigenvalue weighted by molar-refractivity contribution is 6.30. The molecule has 0 atom stereocenters. The van der Waals surface area contributed by atoms with Crippen molar-refractivity contribution in [1.82, 2.24) is 9.80 Å². The second-order valence-corrected chi connectivity index (χ2v) is 9.58. The zero-order valence-electron chi connectivity index (χ0n) is 17.0. The molecule has 2 fully saturated rings. The number of benzene rings is 1. The molecule has 0 saturated carbocycles. The topological polar surface area (TPSA) is 32.8 Å². The van der Waals surface area contributed by atoms with E-state index >= 15 is 0 Å². The maximum atomic E-state index is 13.0. The molecule has 2 saturated heterocycles. The molecule has 1 aromatic carbocycles. The monoisotopic (exact) mass is 392 g/mol. The number of amides is 1. The Labute approximate surface area is 168 Å². The van der Waals surface area contributed by atoms with E-state index in [2.05, 4.69) is 25.7 Å². The highest BCUT2D eigenvalue weighted by atomic mass is 35.5. The van der Waals surface area contributed by atoms with Crippen LogP contribution in [0.15, 0.2) is 18.2 Å². The number of halogens is 1. The fraction of sp³-hybridized carbons (Fsp3) is 0.682. The number of ether oxygens (including phenoxy) is 1. The van der Waals surface area contributed by atoms with Crippen molar-refractivity contribution in [3.05, 3.63) is 28.8 Å². The molecule has 150 valence electrons. The quantitative estimate of drug-likeness (QED) is 0.733. The van der Waals surface area contributed by atoms with Crippen LogP contribution in [0.2, 0.25) is 5.02 Å². The van der Waals surface area contributed by atoms with E-state index in [1.165, 1.54) is 6.42 Å². The molecule has 2 heterocycles.